The molecular weight excluding hydrogens is 364 g/mol. The highest BCUT2D eigenvalue weighted by molar-refractivity contribution is 5.97. The number of ether oxygens (including phenoxy) is 2. The van der Waals surface area contributed by atoms with E-state index in [-0.39, 0.29) is 5.91 Å². The number of benzene rings is 1. The number of nitrogens with one attached hydrogen (secondary N) is 1. The fourth-order valence-corrected chi connectivity index (χ4v) is 4.47. The summed E-state index contributed by atoms with van der Waals surface area (Å²) < 4.78 is 11.9. The lowest BCUT2D eigenvalue weighted by atomic mass is 9.92. The Balaban J connectivity index is 1.46. The molecule has 0 unspecified atom stereocenters. The van der Waals surface area contributed by atoms with Crippen LogP contribution < -0.4 is 10.1 Å². The van der Waals surface area contributed by atoms with Crippen LogP contribution in [0, 0.1) is 17.8 Å². The number of rotatable bonds is 10. The third-order valence-corrected chi connectivity index (χ3v) is 6.15. The summed E-state index contributed by atoms with van der Waals surface area (Å²) >= 11 is 0. The van der Waals surface area contributed by atoms with E-state index in [2.05, 4.69) is 31.0 Å². The predicted molar refractivity (Wildman–Crippen MR) is 117 cm³/mol. The van der Waals surface area contributed by atoms with Gasteiger partial charge in [0.25, 0.3) is 5.91 Å². The number of nitrogens with zero attached hydrogens (tertiary/aromatic N) is 1. The van der Waals surface area contributed by atoms with Crippen LogP contribution in [-0.4, -0.2) is 49.3 Å². The highest BCUT2D eigenvalue weighted by Crippen LogP contribution is 2.42. The molecule has 1 N–H and O–H groups in total. The average molecular weight is 403 g/mol. The Labute approximate surface area is 176 Å². The molecule has 1 heterocycles. The highest BCUT2D eigenvalue weighted by atomic mass is 16.5. The number of hydrogen-bond donors (Lipinski definition) is 1. The van der Waals surface area contributed by atoms with Gasteiger partial charge in [0, 0.05) is 31.9 Å². The van der Waals surface area contributed by atoms with Crippen LogP contribution in [-0.2, 0) is 9.53 Å². The van der Waals surface area contributed by atoms with Gasteiger partial charge in [-0.3, -0.25) is 9.69 Å². The molecule has 1 aliphatic carbocycles. The van der Waals surface area contributed by atoms with Crippen molar-refractivity contribution in [3.63, 3.8) is 0 Å². The van der Waals surface area contributed by atoms with E-state index in [1.807, 2.05) is 31.2 Å². The molecule has 3 rings (SSSR count). The van der Waals surface area contributed by atoms with Crippen molar-refractivity contribution in [3.05, 3.63) is 24.3 Å². The van der Waals surface area contributed by atoms with Gasteiger partial charge in [0.1, 0.15) is 18.0 Å². The quantitative estimate of drug-likeness (QED) is 0.622. The van der Waals surface area contributed by atoms with E-state index in [4.69, 9.17) is 9.47 Å². The minimum atomic E-state index is -0.728. The van der Waals surface area contributed by atoms with E-state index < -0.39 is 5.60 Å². The number of likely N-dealkylation sites (tertiary alicyclic amines) is 1. The molecule has 5 heteroatoms. The second-order valence-electron chi connectivity index (χ2n) is 9.26. The van der Waals surface area contributed by atoms with E-state index in [9.17, 15) is 4.79 Å². The fourth-order valence-electron chi connectivity index (χ4n) is 4.47. The van der Waals surface area contributed by atoms with Crippen LogP contribution in [0.3, 0.4) is 0 Å². The lowest BCUT2D eigenvalue weighted by Crippen LogP contribution is -2.45. The molecule has 3 atom stereocenters. The standard InChI is InChI=1S/C24H38N2O3/c1-5-13-29-24(4,20-6-7-20)23(27)25-21-8-10-22(11-9-21)28-14-12-26-16-18(2)15-19(3)17-26/h8-11,18-20H,5-7,12-17H2,1-4H3,(H,25,27)/t18-,19-,24+/m1/s1. The normalized spacial score (nSPS) is 24.7. The lowest BCUT2D eigenvalue weighted by molar-refractivity contribution is -0.142. The Morgan fingerprint density at radius 1 is 1.14 bits per heavy atom. The molecule has 29 heavy (non-hydrogen) atoms. The maximum Gasteiger partial charge on any atom is 0.256 e. The zero-order chi connectivity index (χ0) is 20.9. The van der Waals surface area contributed by atoms with Crippen molar-refractivity contribution in [2.75, 3.05) is 38.2 Å². The van der Waals surface area contributed by atoms with Crippen molar-refractivity contribution in [3.8, 4) is 5.75 Å². The summed E-state index contributed by atoms with van der Waals surface area (Å²) in [5, 5.41) is 3.03. The Kier molecular flexibility index (Phi) is 7.58. The predicted octanol–water partition coefficient (Wildman–Crippen LogP) is 4.58. The molecule has 0 aromatic heterocycles. The molecule has 0 bridgehead atoms. The molecule has 1 aliphatic heterocycles. The van der Waals surface area contributed by atoms with Gasteiger partial charge in [0.15, 0.2) is 0 Å². The Hall–Kier alpha value is -1.59. The van der Waals surface area contributed by atoms with Crippen LogP contribution in [0.2, 0.25) is 0 Å². The van der Waals surface area contributed by atoms with Crippen LogP contribution in [0.4, 0.5) is 5.69 Å². The first-order chi connectivity index (χ1) is 13.9. The summed E-state index contributed by atoms with van der Waals surface area (Å²) in [4.78, 5) is 15.3. The van der Waals surface area contributed by atoms with Crippen molar-refractivity contribution < 1.29 is 14.3 Å². The van der Waals surface area contributed by atoms with Gasteiger partial charge >= 0.3 is 0 Å². The summed E-state index contributed by atoms with van der Waals surface area (Å²) in [6, 6.07) is 7.67. The SMILES string of the molecule is CCCO[C@](C)(C(=O)Nc1ccc(OCCN2C[C@H](C)C[C@@H](C)C2)cc1)C1CC1. The van der Waals surface area contributed by atoms with Crippen LogP contribution >= 0.6 is 0 Å². The first-order valence-electron chi connectivity index (χ1n) is 11.3. The summed E-state index contributed by atoms with van der Waals surface area (Å²) in [7, 11) is 0. The van der Waals surface area contributed by atoms with Gasteiger partial charge in [-0.25, -0.2) is 0 Å². The topological polar surface area (TPSA) is 50.8 Å². The molecular formula is C24H38N2O3. The smallest absolute Gasteiger partial charge is 0.256 e. The van der Waals surface area contributed by atoms with Gasteiger partial charge in [0.2, 0.25) is 0 Å². The summed E-state index contributed by atoms with van der Waals surface area (Å²) in [6.45, 7) is 13.2. The molecule has 0 radical (unpaired) electrons. The molecule has 1 aromatic carbocycles. The van der Waals surface area contributed by atoms with E-state index in [1.54, 1.807) is 0 Å². The van der Waals surface area contributed by atoms with Gasteiger partial charge in [0.05, 0.1) is 0 Å². The second kappa shape index (κ2) is 9.94. The molecule has 5 nitrogen and oxygen atoms in total. The summed E-state index contributed by atoms with van der Waals surface area (Å²) in [6.07, 6.45) is 4.37. The van der Waals surface area contributed by atoms with Crippen molar-refractivity contribution in [1.29, 1.82) is 0 Å². The van der Waals surface area contributed by atoms with E-state index in [0.29, 0.717) is 19.1 Å². The summed E-state index contributed by atoms with van der Waals surface area (Å²) in [5.74, 6) is 2.66. The zero-order valence-corrected chi connectivity index (χ0v) is 18.6. The van der Waals surface area contributed by atoms with Crippen molar-refractivity contribution >= 4 is 11.6 Å². The molecule has 1 amide bonds. The Morgan fingerprint density at radius 3 is 2.38 bits per heavy atom. The van der Waals surface area contributed by atoms with Gasteiger partial charge in [-0.1, -0.05) is 20.8 Å². The van der Waals surface area contributed by atoms with Crippen LogP contribution in [0.25, 0.3) is 0 Å². The van der Waals surface area contributed by atoms with Crippen LogP contribution in [0.15, 0.2) is 24.3 Å². The average Bonchev–Trinajstić information content (AvgIpc) is 3.52. The Bertz CT molecular complexity index is 649. The third-order valence-electron chi connectivity index (χ3n) is 6.15. The Morgan fingerprint density at radius 2 is 1.79 bits per heavy atom. The number of anilines is 1. The van der Waals surface area contributed by atoms with Gasteiger partial charge in [-0.15, -0.1) is 0 Å². The van der Waals surface area contributed by atoms with Crippen molar-refractivity contribution in [1.82, 2.24) is 4.90 Å². The molecule has 2 aliphatic rings. The van der Waals surface area contributed by atoms with Gasteiger partial charge < -0.3 is 14.8 Å². The van der Waals surface area contributed by atoms with E-state index >= 15 is 0 Å². The number of hydrogen-bond acceptors (Lipinski definition) is 4. The number of piperidine rings is 1. The number of amides is 1. The number of carbonyl (C=O) groups excluding carboxylic acids is 1. The van der Waals surface area contributed by atoms with Gasteiger partial charge in [-0.05, 0) is 74.6 Å². The minimum absolute atomic E-state index is 0.0459. The molecule has 0 spiro atoms. The van der Waals surface area contributed by atoms with Crippen LogP contribution in [0.1, 0.15) is 53.4 Å². The van der Waals surface area contributed by atoms with E-state index in [0.717, 1.165) is 49.1 Å². The molecule has 2 fully saturated rings. The molecule has 1 saturated carbocycles. The van der Waals surface area contributed by atoms with Crippen molar-refractivity contribution in [2.24, 2.45) is 17.8 Å². The zero-order valence-electron chi connectivity index (χ0n) is 18.6. The lowest BCUT2D eigenvalue weighted by Gasteiger charge is -2.34. The molecule has 1 saturated heterocycles. The maximum atomic E-state index is 12.8. The monoisotopic (exact) mass is 402 g/mol. The largest absolute Gasteiger partial charge is 0.492 e. The van der Waals surface area contributed by atoms with E-state index in [1.165, 1.54) is 19.5 Å². The number of carbonyl (C=O) groups is 1. The highest BCUT2D eigenvalue weighted by Gasteiger charge is 2.48. The van der Waals surface area contributed by atoms with Crippen molar-refractivity contribution in [2.45, 2.75) is 59.0 Å². The van der Waals surface area contributed by atoms with Crippen LogP contribution in [0.5, 0.6) is 5.75 Å². The first-order valence-corrected chi connectivity index (χ1v) is 11.3. The third kappa shape index (κ3) is 6.19. The minimum Gasteiger partial charge on any atom is -0.492 e. The first kappa shape index (κ1) is 22.1. The second-order valence-corrected chi connectivity index (χ2v) is 9.26. The fraction of sp³-hybridized carbons (Fsp3) is 0.708. The maximum absolute atomic E-state index is 12.8. The molecule has 162 valence electrons. The summed E-state index contributed by atoms with van der Waals surface area (Å²) in [5.41, 5.74) is 0.0569. The van der Waals surface area contributed by atoms with Gasteiger partial charge in [-0.2, -0.15) is 0 Å². The molecule has 1 aromatic rings.